The normalized spacial score (nSPS) is 15.7. The summed E-state index contributed by atoms with van der Waals surface area (Å²) in [5.41, 5.74) is 12.6. The molecular weight excluding hydrogens is 404 g/mol. The standard InChI is InChI=1S/C29H44N4/c1-25-22-26(2)29(27(3)23-25)24-33(14-7-12-28-10-5-4-6-11-28)17-9-16-32-20-18-31(19-21-32)15-8-13-30/h4-7,10-12,22-23H,8-9,13-21,24,30H2,1-3H3. The van der Waals surface area contributed by atoms with E-state index in [0.717, 1.165) is 39.1 Å². The molecule has 3 rings (SSSR count). The molecule has 1 heterocycles. The molecule has 0 aromatic heterocycles. The van der Waals surface area contributed by atoms with Crippen LogP contribution in [0, 0.1) is 20.8 Å². The average Bonchev–Trinajstić information content (AvgIpc) is 2.81. The van der Waals surface area contributed by atoms with Crippen LogP contribution in [0.3, 0.4) is 0 Å². The van der Waals surface area contributed by atoms with Crippen molar-refractivity contribution >= 4 is 6.08 Å². The number of rotatable bonds is 12. The molecule has 1 aliphatic rings. The predicted octanol–water partition coefficient (Wildman–Crippen LogP) is 4.48. The van der Waals surface area contributed by atoms with Gasteiger partial charge in [-0.25, -0.2) is 0 Å². The minimum atomic E-state index is 0.800. The van der Waals surface area contributed by atoms with Crippen LogP contribution >= 0.6 is 0 Å². The van der Waals surface area contributed by atoms with Gasteiger partial charge in [0.05, 0.1) is 0 Å². The zero-order valence-electron chi connectivity index (χ0n) is 21.1. The summed E-state index contributed by atoms with van der Waals surface area (Å²) in [7, 11) is 0. The molecule has 0 spiro atoms. The average molecular weight is 449 g/mol. The van der Waals surface area contributed by atoms with E-state index in [2.05, 4.69) is 90.1 Å². The van der Waals surface area contributed by atoms with Gasteiger partial charge in [-0.15, -0.1) is 0 Å². The van der Waals surface area contributed by atoms with Crippen LogP contribution in [-0.4, -0.2) is 73.6 Å². The molecule has 0 unspecified atom stereocenters. The van der Waals surface area contributed by atoms with Gasteiger partial charge in [-0.2, -0.15) is 0 Å². The summed E-state index contributed by atoms with van der Waals surface area (Å²) >= 11 is 0. The quantitative estimate of drug-likeness (QED) is 0.519. The molecule has 33 heavy (non-hydrogen) atoms. The van der Waals surface area contributed by atoms with Crippen molar-refractivity contribution in [2.24, 2.45) is 5.73 Å². The van der Waals surface area contributed by atoms with E-state index in [1.54, 1.807) is 0 Å². The number of nitrogens with two attached hydrogens (primary N) is 1. The van der Waals surface area contributed by atoms with Crippen molar-refractivity contribution in [2.45, 2.75) is 40.2 Å². The number of benzene rings is 2. The van der Waals surface area contributed by atoms with Gasteiger partial charge in [-0.1, -0.05) is 60.2 Å². The van der Waals surface area contributed by atoms with E-state index in [1.165, 1.54) is 67.0 Å². The van der Waals surface area contributed by atoms with Gasteiger partial charge in [0.25, 0.3) is 0 Å². The fourth-order valence-corrected chi connectivity index (χ4v) is 4.89. The predicted molar refractivity (Wildman–Crippen MR) is 143 cm³/mol. The van der Waals surface area contributed by atoms with Gasteiger partial charge < -0.3 is 15.5 Å². The van der Waals surface area contributed by atoms with Crippen LogP contribution in [0.1, 0.15) is 40.7 Å². The van der Waals surface area contributed by atoms with Crippen LogP contribution in [0.25, 0.3) is 6.08 Å². The molecule has 0 saturated carbocycles. The fraction of sp³-hybridized carbons (Fsp3) is 0.517. The molecule has 1 saturated heterocycles. The lowest BCUT2D eigenvalue weighted by atomic mass is 9.99. The first-order valence-electron chi connectivity index (χ1n) is 12.7. The smallest absolute Gasteiger partial charge is 0.0242 e. The van der Waals surface area contributed by atoms with Crippen molar-refractivity contribution in [3.63, 3.8) is 0 Å². The Morgan fingerprint density at radius 3 is 2.09 bits per heavy atom. The van der Waals surface area contributed by atoms with Crippen LogP contribution in [0.2, 0.25) is 0 Å². The zero-order valence-corrected chi connectivity index (χ0v) is 21.1. The highest BCUT2D eigenvalue weighted by atomic mass is 15.3. The topological polar surface area (TPSA) is 35.7 Å². The molecule has 1 aliphatic heterocycles. The van der Waals surface area contributed by atoms with Gasteiger partial charge in [0, 0.05) is 45.8 Å². The molecule has 0 bridgehead atoms. The Hall–Kier alpha value is -1.98. The molecule has 2 aromatic rings. The summed E-state index contributed by atoms with van der Waals surface area (Å²) in [6.45, 7) is 17.7. The van der Waals surface area contributed by atoms with Gasteiger partial charge in [0.15, 0.2) is 0 Å². The van der Waals surface area contributed by atoms with Crippen molar-refractivity contribution in [1.82, 2.24) is 14.7 Å². The van der Waals surface area contributed by atoms with E-state index in [0.29, 0.717) is 0 Å². The lowest BCUT2D eigenvalue weighted by Gasteiger charge is -2.35. The number of aryl methyl sites for hydroxylation is 3. The third kappa shape index (κ3) is 8.71. The summed E-state index contributed by atoms with van der Waals surface area (Å²) in [5.74, 6) is 0. The maximum atomic E-state index is 5.67. The lowest BCUT2D eigenvalue weighted by Crippen LogP contribution is -2.47. The monoisotopic (exact) mass is 448 g/mol. The minimum absolute atomic E-state index is 0.800. The van der Waals surface area contributed by atoms with Gasteiger partial charge >= 0.3 is 0 Å². The molecule has 0 amide bonds. The SMILES string of the molecule is Cc1cc(C)c(CN(CC=Cc2ccccc2)CCCN2CCN(CCCN)CC2)c(C)c1. The van der Waals surface area contributed by atoms with E-state index in [-0.39, 0.29) is 0 Å². The molecule has 0 radical (unpaired) electrons. The second-order valence-corrected chi connectivity index (χ2v) is 9.60. The summed E-state index contributed by atoms with van der Waals surface area (Å²) < 4.78 is 0. The van der Waals surface area contributed by atoms with E-state index >= 15 is 0 Å². The molecule has 180 valence electrons. The number of hydrogen-bond donors (Lipinski definition) is 1. The Kier molecular flexibility index (Phi) is 10.6. The Bertz CT molecular complexity index is 830. The highest BCUT2D eigenvalue weighted by molar-refractivity contribution is 5.48. The van der Waals surface area contributed by atoms with Crippen LogP contribution in [0.4, 0.5) is 0 Å². The molecule has 1 fully saturated rings. The van der Waals surface area contributed by atoms with Crippen molar-refractivity contribution in [3.05, 3.63) is 76.4 Å². The minimum Gasteiger partial charge on any atom is -0.330 e. The first kappa shape index (κ1) is 25.6. The van der Waals surface area contributed by atoms with Crippen molar-refractivity contribution in [1.29, 1.82) is 0 Å². The van der Waals surface area contributed by atoms with Crippen molar-refractivity contribution < 1.29 is 0 Å². The van der Waals surface area contributed by atoms with Gasteiger partial charge in [-0.05, 0) is 75.5 Å². The summed E-state index contributed by atoms with van der Waals surface area (Å²) in [6.07, 6.45) is 6.90. The molecule has 2 aromatic carbocycles. The Labute approximate surface area is 202 Å². The Balaban J connectivity index is 1.55. The van der Waals surface area contributed by atoms with E-state index < -0.39 is 0 Å². The summed E-state index contributed by atoms with van der Waals surface area (Å²) in [6, 6.07) is 15.3. The molecule has 2 N–H and O–H groups in total. The zero-order chi connectivity index (χ0) is 23.5. The third-order valence-corrected chi connectivity index (χ3v) is 6.79. The molecule has 4 nitrogen and oxygen atoms in total. The van der Waals surface area contributed by atoms with Crippen LogP contribution < -0.4 is 5.73 Å². The number of piperazine rings is 1. The maximum Gasteiger partial charge on any atom is 0.0242 e. The van der Waals surface area contributed by atoms with Crippen LogP contribution in [-0.2, 0) is 6.54 Å². The summed E-state index contributed by atoms with van der Waals surface area (Å²) in [5, 5.41) is 0. The number of nitrogens with zero attached hydrogens (tertiary/aromatic N) is 3. The van der Waals surface area contributed by atoms with E-state index in [1.807, 2.05) is 0 Å². The highest BCUT2D eigenvalue weighted by Gasteiger charge is 2.16. The van der Waals surface area contributed by atoms with Gasteiger partial charge in [-0.3, -0.25) is 4.90 Å². The Morgan fingerprint density at radius 1 is 0.879 bits per heavy atom. The van der Waals surface area contributed by atoms with Gasteiger partial charge in [0.2, 0.25) is 0 Å². The first-order valence-corrected chi connectivity index (χ1v) is 12.7. The molecule has 0 atom stereocenters. The first-order chi connectivity index (χ1) is 16.0. The Morgan fingerprint density at radius 2 is 1.48 bits per heavy atom. The van der Waals surface area contributed by atoms with E-state index in [9.17, 15) is 0 Å². The number of hydrogen-bond acceptors (Lipinski definition) is 4. The maximum absolute atomic E-state index is 5.67. The van der Waals surface area contributed by atoms with Gasteiger partial charge in [0.1, 0.15) is 0 Å². The second-order valence-electron chi connectivity index (χ2n) is 9.60. The van der Waals surface area contributed by atoms with Crippen molar-refractivity contribution in [3.8, 4) is 0 Å². The van der Waals surface area contributed by atoms with E-state index in [4.69, 9.17) is 5.73 Å². The van der Waals surface area contributed by atoms with Crippen LogP contribution in [0.5, 0.6) is 0 Å². The van der Waals surface area contributed by atoms with Crippen LogP contribution in [0.15, 0.2) is 48.5 Å². The largest absolute Gasteiger partial charge is 0.330 e. The second kappa shape index (κ2) is 13.7. The lowest BCUT2D eigenvalue weighted by molar-refractivity contribution is 0.126. The molecule has 4 heteroatoms. The molecular formula is C29H44N4. The molecule has 0 aliphatic carbocycles. The summed E-state index contributed by atoms with van der Waals surface area (Å²) in [4.78, 5) is 7.81. The van der Waals surface area contributed by atoms with Crippen molar-refractivity contribution in [2.75, 3.05) is 58.9 Å². The highest BCUT2D eigenvalue weighted by Crippen LogP contribution is 2.19. The fourth-order valence-electron chi connectivity index (χ4n) is 4.89. The third-order valence-electron chi connectivity index (χ3n) is 6.79.